The molecule has 1 aliphatic heterocycles. The van der Waals surface area contributed by atoms with Crippen LogP contribution in [0.15, 0.2) is 0 Å². The van der Waals surface area contributed by atoms with Crippen molar-refractivity contribution in [3.63, 3.8) is 0 Å². The van der Waals surface area contributed by atoms with Gasteiger partial charge in [0.25, 0.3) is 0 Å². The highest BCUT2D eigenvalue weighted by Gasteiger charge is 2.14. The second kappa shape index (κ2) is 9.90. The summed E-state index contributed by atoms with van der Waals surface area (Å²) in [5, 5.41) is 3.64. The normalized spacial score (nSPS) is 21.9. The van der Waals surface area contributed by atoms with Crippen molar-refractivity contribution in [3.8, 4) is 0 Å². The predicted octanol–water partition coefficient (Wildman–Crippen LogP) is 3.75. The zero-order valence-electron chi connectivity index (χ0n) is 11.8. The Morgan fingerprint density at radius 2 is 2.06 bits per heavy atom. The van der Waals surface area contributed by atoms with E-state index >= 15 is 0 Å². The van der Waals surface area contributed by atoms with Crippen LogP contribution in [0.25, 0.3) is 0 Å². The Kier molecular flexibility index (Phi) is 8.72. The van der Waals surface area contributed by atoms with E-state index in [2.05, 4.69) is 19.2 Å². The largest absolute Gasteiger partial charge is 0.381 e. The maximum Gasteiger partial charge on any atom is 0.0495 e. The van der Waals surface area contributed by atoms with Crippen molar-refractivity contribution in [2.45, 2.75) is 71.3 Å². The first-order chi connectivity index (χ1) is 8.33. The standard InChI is InChI=1S/C15H31NO/c1-3-4-5-6-7-8-14(2)16-11-9-15-10-12-17-13-15/h14-16H,3-13H2,1-2H3. The smallest absolute Gasteiger partial charge is 0.0495 e. The predicted molar refractivity (Wildman–Crippen MR) is 74.4 cm³/mol. The first-order valence-electron chi connectivity index (χ1n) is 7.64. The van der Waals surface area contributed by atoms with E-state index in [1.807, 2.05) is 0 Å². The van der Waals surface area contributed by atoms with E-state index in [1.54, 1.807) is 0 Å². The van der Waals surface area contributed by atoms with Crippen molar-refractivity contribution >= 4 is 0 Å². The zero-order valence-corrected chi connectivity index (χ0v) is 11.8. The van der Waals surface area contributed by atoms with E-state index in [4.69, 9.17) is 4.74 Å². The molecule has 0 aromatic rings. The van der Waals surface area contributed by atoms with Crippen LogP contribution in [0.3, 0.4) is 0 Å². The van der Waals surface area contributed by atoms with Crippen molar-refractivity contribution in [1.82, 2.24) is 5.32 Å². The average molecular weight is 241 g/mol. The highest BCUT2D eigenvalue weighted by molar-refractivity contribution is 4.67. The molecule has 0 aliphatic carbocycles. The van der Waals surface area contributed by atoms with Gasteiger partial charge in [0, 0.05) is 19.3 Å². The van der Waals surface area contributed by atoms with Gasteiger partial charge in [-0.3, -0.25) is 0 Å². The SMILES string of the molecule is CCCCCCCC(C)NCCC1CCOC1. The van der Waals surface area contributed by atoms with Crippen LogP contribution in [-0.2, 0) is 4.74 Å². The minimum Gasteiger partial charge on any atom is -0.381 e. The summed E-state index contributed by atoms with van der Waals surface area (Å²) in [7, 11) is 0. The second-order valence-electron chi connectivity index (χ2n) is 5.58. The third-order valence-corrected chi connectivity index (χ3v) is 3.81. The van der Waals surface area contributed by atoms with Crippen LogP contribution < -0.4 is 5.32 Å². The van der Waals surface area contributed by atoms with Gasteiger partial charge in [-0.1, -0.05) is 39.0 Å². The van der Waals surface area contributed by atoms with Gasteiger partial charge >= 0.3 is 0 Å². The van der Waals surface area contributed by atoms with E-state index in [1.165, 1.54) is 57.9 Å². The molecule has 0 radical (unpaired) electrons. The first-order valence-corrected chi connectivity index (χ1v) is 7.64. The maximum atomic E-state index is 5.39. The Hall–Kier alpha value is -0.0800. The minimum atomic E-state index is 0.693. The molecule has 0 bridgehead atoms. The molecule has 0 saturated carbocycles. The average Bonchev–Trinajstić information content (AvgIpc) is 2.82. The Labute approximate surface area is 108 Å². The topological polar surface area (TPSA) is 21.3 Å². The molecular weight excluding hydrogens is 210 g/mol. The molecule has 1 fully saturated rings. The van der Waals surface area contributed by atoms with Crippen molar-refractivity contribution in [3.05, 3.63) is 0 Å². The molecule has 2 heteroatoms. The van der Waals surface area contributed by atoms with Gasteiger partial charge in [0.15, 0.2) is 0 Å². The van der Waals surface area contributed by atoms with Gasteiger partial charge in [-0.15, -0.1) is 0 Å². The minimum absolute atomic E-state index is 0.693. The fourth-order valence-electron chi connectivity index (χ4n) is 2.50. The summed E-state index contributed by atoms with van der Waals surface area (Å²) in [6.07, 6.45) is 10.9. The van der Waals surface area contributed by atoms with E-state index in [9.17, 15) is 0 Å². The van der Waals surface area contributed by atoms with E-state index in [0.717, 1.165) is 19.1 Å². The van der Waals surface area contributed by atoms with Crippen molar-refractivity contribution < 1.29 is 4.74 Å². The van der Waals surface area contributed by atoms with Gasteiger partial charge < -0.3 is 10.1 Å². The van der Waals surface area contributed by atoms with E-state index in [0.29, 0.717) is 6.04 Å². The molecular formula is C15H31NO. The fraction of sp³-hybridized carbons (Fsp3) is 1.00. The third-order valence-electron chi connectivity index (χ3n) is 3.81. The van der Waals surface area contributed by atoms with Gasteiger partial charge in [0.05, 0.1) is 0 Å². The summed E-state index contributed by atoms with van der Waals surface area (Å²) in [4.78, 5) is 0. The number of nitrogens with one attached hydrogen (secondary N) is 1. The number of hydrogen-bond donors (Lipinski definition) is 1. The summed E-state index contributed by atoms with van der Waals surface area (Å²) in [6.45, 7) is 7.75. The van der Waals surface area contributed by atoms with E-state index in [-0.39, 0.29) is 0 Å². The molecule has 102 valence electrons. The van der Waals surface area contributed by atoms with Gasteiger partial charge in [-0.05, 0) is 38.6 Å². The van der Waals surface area contributed by atoms with Crippen LogP contribution in [0.2, 0.25) is 0 Å². The van der Waals surface area contributed by atoms with Gasteiger partial charge in [0.1, 0.15) is 0 Å². The van der Waals surface area contributed by atoms with Crippen LogP contribution in [0.5, 0.6) is 0 Å². The molecule has 0 aromatic heterocycles. The Morgan fingerprint density at radius 1 is 1.24 bits per heavy atom. The van der Waals surface area contributed by atoms with Crippen LogP contribution in [0, 0.1) is 5.92 Å². The van der Waals surface area contributed by atoms with Crippen molar-refractivity contribution in [2.24, 2.45) is 5.92 Å². The molecule has 1 rings (SSSR count). The van der Waals surface area contributed by atoms with Crippen LogP contribution in [0.4, 0.5) is 0 Å². The number of ether oxygens (including phenoxy) is 1. The zero-order chi connectivity index (χ0) is 12.3. The molecule has 2 atom stereocenters. The van der Waals surface area contributed by atoms with Crippen LogP contribution >= 0.6 is 0 Å². The Balaban J connectivity index is 1.84. The Bertz CT molecular complexity index is 166. The summed E-state index contributed by atoms with van der Waals surface area (Å²) in [5.41, 5.74) is 0. The molecule has 2 unspecified atom stereocenters. The lowest BCUT2D eigenvalue weighted by atomic mass is 10.0. The quantitative estimate of drug-likeness (QED) is 0.588. The molecule has 0 spiro atoms. The first kappa shape index (κ1) is 15.0. The third kappa shape index (κ3) is 7.77. The fourth-order valence-corrected chi connectivity index (χ4v) is 2.50. The number of hydrogen-bond acceptors (Lipinski definition) is 2. The number of rotatable bonds is 10. The van der Waals surface area contributed by atoms with Crippen LogP contribution in [0.1, 0.15) is 65.2 Å². The lowest BCUT2D eigenvalue weighted by Gasteiger charge is -2.15. The second-order valence-corrected chi connectivity index (χ2v) is 5.58. The number of unbranched alkanes of at least 4 members (excludes halogenated alkanes) is 4. The van der Waals surface area contributed by atoms with Gasteiger partial charge in [0.2, 0.25) is 0 Å². The highest BCUT2D eigenvalue weighted by atomic mass is 16.5. The molecule has 1 saturated heterocycles. The maximum absolute atomic E-state index is 5.39. The van der Waals surface area contributed by atoms with Crippen molar-refractivity contribution in [2.75, 3.05) is 19.8 Å². The summed E-state index contributed by atoms with van der Waals surface area (Å²) < 4.78 is 5.39. The Morgan fingerprint density at radius 3 is 2.76 bits per heavy atom. The van der Waals surface area contributed by atoms with E-state index < -0.39 is 0 Å². The molecule has 1 heterocycles. The molecule has 0 aromatic carbocycles. The molecule has 2 nitrogen and oxygen atoms in total. The van der Waals surface area contributed by atoms with Crippen LogP contribution in [-0.4, -0.2) is 25.8 Å². The molecule has 1 N–H and O–H groups in total. The summed E-state index contributed by atoms with van der Waals surface area (Å²) in [5.74, 6) is 0.819. The van der Waals surface area contributed by atoms with Gasteiger partial charge in [-0.2, -0.15) is 0 Å². The van der Waals surface area contributed by atoms with Crippen molar-refractivity contribution in [1.29, 1.82) is 0 Å². The molecule has 1 aliphatic rings. The molecule has 0 amide bonds. The lowest BCUT2D eigenvalue weighted by Crippen LogP contribution is -2.28. The summed E-state index contributed by atoms with van der Waals surface area (Å²) >= 11 is 0. The highest BCUT2D eigenvalue weighted by Crippen LogP contribution is 2.15. The monoisotopic (exact) mass is 241 g/mol. The summed E-state index contributed by atoms with van der Waals surface area (Å²) in [6, 6.07) is 0.693. The molecule has 17 heavy (non-hydrogen) atoms. The van der Waals surface area contributed by atoms with Gasteiger partial charge in [-0.25, -0.2) is 0 Å². The lowest BCUT2D eigenvalue weighted by molar-refractivity contribution is 0.184.